The van der Waals surface area contributed by atoms with Gasteiger partial charge >= 0.3 is 0 Å². The van der Waals surface area contributed by atoms with Crippen LogP contribution in [0.1, 0.15) is 0 Å². The molecule has 1 heterocycles. The molecule has 7 heteroatoms. The molecule has 4 rings (SSSR count). The molecule has 1 aromatic heterocycles. The Morgan fingerprint density at radius 2 is 1.89 bits per heavy atom. The second-order valence-corrected chi connectivity index (χ2v) is 6.82. The number of carbonyl (C=O) groups is 1. The van der Waals surface area contributed by atoms with Crippen molar-refractivity contribution < 1.29 is 13.9 Å². The molecule has 3 aromatic carbocycles. The van der Waals surface area contributed by atoms with Gasteiger partial charge in [0, 0.05) is 16.3 Å². The predicted octanol–water partition coefficient (Wildman–Crippen LogP) is 5.82. The molecule has 0 fully saturated rings. The van der Waals surface area contributed by atoms with Crippen LogP contribution in [0.4, 0.5) is 5.69 Å². The van der Waals surface area contributed by atoms with Crippen molar-refractivity contribution in [1.29, 1.82) is 0 Å². The monoisotopic (exact) mass is 412 g/mol. The lowest BCUT2D eigenvalue weighted by Gasteiger charge is -2.09. The minimum absolute atomic E-state index is 0.157. The van der Waals surface area contributed by atoms with Crippen LogP contribution in [0.25, 0.3) is 22.6 Å². The number of anilines is 1. The summed E-state index contributed by atoms with van der Waals surface area (Å²) in [5.74, 6) is 0.598. The fraction of sp³-hybridized carbons (Fsp3) is 0.0476. The SMILES string of the molecule is O=C(COc1ccccc1Cl)Nc1cccc(-c2nc3cc(Cl)ccc3o2)c1. The maximum atomic E-state index is 12.2. The topological polar surface area (TPSA) is 64.4 Å². The Bertz CT molecular complexity index is 1160. The number of amides is 1. The van der Waals surface area contributed by atoms with E-state index in [4.69, 9.17) is 32.4 Å². The molecule has 4 aromatic rings. The van der Waals surface area contributed by atoms with Gasteiger partial charge in [0.05, 0.1) is 5.02 Å². The highest BCUT2D eigenvalue weighted by molar-refractivity contribution is 6.32. The molecule has 0 aliphatic rings. The Morgan fingerprint density at radius 1 is 1.04 bits per heavy atom. The molecule has 0 bridgehead atoms. The van der Waals surface area contributed by atoms with Gasteiger partial charge in [-0.25, -0.2) is 4.98 Å². The van der Waals surface area contributed by atoms with E-state index in [0.29, 0.717) is 38.5 Å². The third-order valence-electron chi connectivity index (χ3n) is 3.94. The first-order chi connectivity index (χ1) is 13.6. The number of benzene rings is 3. The summed E-state index contributed by atoms with van der Waals surface area (Å²) in [6.07, 6.45) is 0. The molecule has 28 heavy (non-hydrogen) atoms. The summed E-state index contributed by atoms with van der Waals surface area (Å²) in [4.78, 5) is 16.6. The standard InChI is InChI=1S/C21H14Cl2N2O3/c22-14-8-9-19-17(11-14)25-21(28-19)13-4-3-5-15(10-13)24-20(26)12-27-18-7-2-1-6-16(18)23/h1-11H,12H2,(H,24,26). The fourth-order valence-corrected chi connectivity index (χ4v) is 3.01. The first-order valence-electron chi connectivity index (χ1n) is 8.42. The van der Waals surface area contributed by atoms with Gasteiger partial charge in [-0.15, -0.1) is 0 Å². The summed E-state index contributed by atoms with van der Waals surface area (Å²) in [6, 6.07) is 19.4. The molecule has 0 atom stereocenters. The third-order valence-corrected chi connectivity index (χ3v) is 4.49. The minimum Gasteiger partial charge on any atom is -0.482 e. The molecular formula is C21H14Cl2N2O3. The van der Waals surface area contributed by atoms with Crippen LogP contribution < -0.4 is 10.1 Å². The largest absolute Gasteiger partial charge is 0.482 e. The number of aromatic nitrogens is 1. The second-order valence-electron chi connectivity index (χ2n) is 5.98. The fourth-order valence-electron chi connectivity index (χ4n) is 2.66. The molecule has 0 spiro atoms. The van der Waals surface area contributed by atoms with Crippen molar-refractivity contribution in [3.63, 3.8) is 0 Å². The van der Waals surface area contributed by atoms with Crippen molar-refractivity contribution in [3.05, 3.63) is 76.8 Å². The molecule has 0 aliphatic carbocycles. The van der Waals surface area contributed by atoms with Crippen molar-refractivity contribution in [2.45, 2.75) is 0 Å². The van der Waals surface area contributed by atoms with Gasteiger partial charge in [-0.05, 0) is 48.5 Å². The summed E-state index contributed by atoms with van der Waals surface area (Å²) in [5, 5.41) is 3.83. The van der Waals surface area contributed by atoms with Gasteiger partial charge in [0.25, 0.3) is 5.91 Å². The molecule has 1 N–H and O–H groups in total. The van der Waals surface area contributed by atoms with E-state index in [1.165, 1.54) is 0 Å². The van der Waals surface area contributed by atoms with Crippen LogP contribution in [0.3, 0.4) is 0 Å². The normalized spacial score (nSPS) is 10.8. The predicted molar refractivity (Wildman–Crippen MR) is 110 cm³/mol. The molecule has 0 radical (unpaired) electrons. The first-order valence-corrected chi connectivity index (χ1v) is 9.18. The molecule has 0 aliphatic heterocycles. The summed E-state index contributed by atoms with van der Waals surface area (Å²) >= 11 is 12.0. The van der Waals surface area contributed by atoms with Gasteiger partial charge in [0.1, 0.15) is 11.3 Å². The van der Waals surface area contributed by atoms with Gasteiger partial charge < -0.3 is 14.5 Å². The molecule has 140 valence electrons. The zero-order valence-electron chi connectivity index (χ0n) is 14.5. The van der Waals surface area contributed by atoms with Crippen LogP contribution in [0.5, 0.6) is 5.75 Å². The van der Waals surface area contributed by atoms with Crippen molar-refractivity contribution in [2.24, 2.45) is 0 Å². The lowest BCUT2D eigenvalue weighted by molar-refractivity contribution is -0.118. The zero-order valence-corrected chi connectivity index (χ0v) is 16.0. The molecule has 0 saturated carbocycles. The number of rotatable bonds is 5. The van der Waals surface area contributed by atoms with Crippen LogP contribution in [-0.4, -0.2) is 17.5 Å². The van der Waals surface area contributed by atoms with Gasteiger partial charge in [-0.1, -0.05) is 41.4 Å². The number of oxazole rings is 1. The van der Waals surface area contributed by atoms with E-state index >= 15 is 0 Å². The second kappa shape index (κ2) is 7.92. The molecule has 1 amide bonds. The van der Waals surface area contributed by atoms with Gasteiger partial charge in [0.15, 0.2) is 12.2 Å². The maximum Gasteiger partial charge on any atom is 0.262 e. The van der Waals surface area contributed by atoms with Crippen molar-refractivity contribution >= 4 is 45.9 Å². The quantitative estimate of drug-likeness (QED) is 0.448. The summed E-state index contributed by atoms with van der Waals surface area (Å²) < 4.78 is 11.2. The average Bonchev–Trinajstić information content (AvgIpc) is 3.11. The number of para-hydroxylation sites is 1. The highest BCUT2D eigenvalue weighted by Gasteiger charge is 2.11. The highest BCUT2D eigenvalue weighted by Crippen LogP contribution is 2.28. The number of fused-ring (bicyclic) bond motifs is 1. The van der Waals surface area contributed by atoms with Crippen molar-refractivity contribution in [3.8, 4) is 17.2 Å². The van der Waals surface area contributed by atoms with Gasteiger partial charge in [-0.2, -0.15) is 0 Å². The van der Waals surface area contributed by atoms with E-state index in [9.17, 15) is 4.79 Å². The van der Waals surface area contributed by atoms with E-state index in [2.05, 4.69) is 10.3 Å². The van der Waals surface area contributed by atoms with Crippen LogP contribution in [0.2, 0.25) is 10.0 Å². The zero-order chi connectivity index (χ0) is 19.5. The van der Waals surface area contributed by atoms with Crippen LogP contribution in [-0.2, 0) is 4.79 Å². The van der Waals surface area contributed by atoms with Crippen LogP contribution in [0, 0.1) is 0 Å². The first kappa shape index (κ1) is 18.3. The molecule has 0 saturated heterocycles. The molecule has 5 nitrogen and oxygen atoms in total. The van der Waals surface area contributed by atoms with Gasteiger partial charge in [0.2, 0.25) is 5.89 Å². The Labute approximate surface area is 170 Å². The number of nitrogens with zero attached hydrogens (tertiary/aromatic N) is 1. The summed E-state index contributed by atoms with van der Waals surface area (Å²) in [5.41, 5.74) is 2.65. The van der Waals surface area contributed by atoms with Crippen LogP contribution in [0.15, 0.2) is 71.1 Å². The van der Waals surface area contributed by atoms with Crippen molar-refractivity contribution in [2.75, 3.05) is 11.9 Å². The number of carbonyl (C=O) groups excluding carboxylic acids is 1. The van der Waals surface area contributed by atoms with Gasteiger partial charge in [-0.3, -0.25) is 4.79 Å². The Hall–Kier alpha value is -3.02. The lowest BCUT2D eigenvalue weighted by atomic mass is 10.2. The van der Waals surface area contributed by atoms with E-state index in [0.717, 1.165) is 5.56 Å². The van der Waals surface area contributed by atoms with E-state index < -0.39 is 0 Å². The van der Waals surface area contributed by atoms with Crippen LogP contribution >= 0.6 is 23.2 Å². The summed E-state index contributed by atoms with van der Waals surface area (Å²) in [7, 11) is 0. The van der Waals surface area contributed by atoms with E-state index in [1.807, 2.05) is 12.1 Å². The number of hydrogen-bond donors (Lipinski definition) is 1. The Kier molecular flexibility index (Phi) is 5.19. The number of nitrogens with one attached hydrogen (secondary N) is 1. The van der Waals surface area contributed by atoms with E-state index in [1.54, 1.807) is 54.6 Å². The minimum atomic E-state index is -0.304. The summed E-state index contributed by atoms with van der Waals surface area (Å²) in [6.45, 7) is -0.157. The number of halogens is 2. The highest BCUT2D eigenvalue weighted by atomic mass is 35.5. The van der Waals surface area contributed by atoms with E-state index in [-0.39, 0.29) is 12.5 Å². The number of ether oxygens (including phenoxy) is 1. The smallest absolute Gasteiger partial charge is 0.262 e. The Balaban J connectivity index is 1.47. The number of hydrogen-bond acceptors (Lipinski definition) is 4. The van der Waals surface area contributed by atoms with Crippen molar-refractivity contribution in [1.82, 2.24) is 4.98 Å². The molecular weight excluding hydrogens is 399 g/mol. The third kappa shape index (κ3) is 4.11. The molecule has 0 unspecified atom stereocenters. The average molecular weight is 413 g/mol. The Morgan fingerprint density at radius 3 is 2.75 bits per heavy atom. The lowest BCUT2D eigenvalue weighted by Crippen LogP contribution is -2.20. The maximum absolute atomic E-state index is 12.2.